The van der Waals surface area contributed by atoms with Crippen molar-refractivity contribution in [2.75, 3.05) is 11.9 Å². The number of carbonyl (C=O) groups excluding carboxylic acids is 1. The van der Waals surface area contributed by atoms with Gasteiger partial charge in [0.25, 0.3) is 0 Å². The molecule has 0 atom stereocenters. The van der Waals surface area contributed by atoms with Gasteiger partial charge in [-0.1, -0.05) is 17.2 Å². The van der Waals surface area contributed by atoms with Crippen molar-refractivity contribution < 1.29 is 4.79 Å². The monoisotopic (exact) mass is 189 g/mol. The number of azide groups is 1. The first kappa shape index (κ1) is 10.1. The summed E-state index contributed by atoms with van der Waals surface area (Å²) in [5, 5.41) is 5.93. The molecular formula is C9H9N4O. The molecular weight excluding hydrogens is 180 g/mol. The van der Waals surface area contributed by atoms with E-state index in [1.165, 1.54) is 0 Å². The van der Waals surface area contributed by atoms with Crippen molar-refractivity contribution in [2.45, 2.75) is 6.42 Å². The molecule has 0 bridgehead atoms. The number of hydrogen-bond donors (Lipinski definition) is 1. The van der Waals surface area contributed by atoms with Crippen LogP contribution in [-0.2, 0) is 4.79 Å². The van der Waals surface area contributed by atoms with Crippen molar-refractivity contribution in [3.63, 3.8) is 0 Å². The van der Waals surface area contributed by atoms with Crippen molar-refractivity contribution in [2.24, 2.45) is 5.11 Å². The van der Waals surface area contributed by atoms with Gasteiger partial charge >= 0.3 is 0 Å². The number of anilines is 1. The van der Waals surface area contributed by atoms with E-state index in [9.17, 15) is 4.79 Å². The number of hydrogen-bond acceptors (Lipinski definition) is 2. The number of amides is 1. The van der Waals surface area contributed by atoms with Crippen LogP contribution in [-0.4, -0.2) is 12.5 Å². The van der Waals surface area contributed by atoms with Crippen LogP contribution in [0, 0.1) is 6.07 Å². The molecule has 0 heterocycles. The quantitative estimate of drug-likeness (QED) is 0.439. The first-order chi connectivity index (χ1) is 6.83. The Hall–Kier alpha value is -2.00. The molecule has 0 aromatic heterocycles. The molecule has 1 rings (SSSR count). The summed E-state index contributed by atoms with van der Waals surface area (Å²) in [6.07, 6.45) is 0.197. The summed E-state index contributed by atoms with van der Waals surface area (Å²) in [6, 6.07) is 9.75. The molecule has 0 saturated heterocycles. The van der Waals surface area contributed by atoms with Crippen LogP contribution in [0.15, 0.2) is 29.4 Å². The molecule has 5 nitrogen and oxygen atoms in total. The SMILES string of the molecule is [N-]=[N+]=NCCC(=O)Nc1cc[c]cc1. The van der Waals surface area contributed by atoms with Gasteiger partial charge in [0.15, 0.2) is 0 Å². The lowest BCUT2D eigenvalue weighted by Gasteiger charge is -2.02. The molecule has 71 valence electrons. The Morgan fingerprint density at radius 3 is 2.93 bits per heavy atom. The predicted molar refractivity (Wildman–Crippen MR) is 52.5 cm³/mol. The summed E-state index contributed by atoms with van der Waals surface area (Å²) in [5.74, 6) is -0.163. The maximum Gasteiger partial charge on any atom is 0.224 e. The molecule has 0 saturated carbocycles. The van der Waals surface area contributed by atoms with E-state index in [4.69, 9.17) is 5.53 Å². The highest BCUT2D eigenvalue weighted by Gasteiger charge is 1.99. The maximum absolute atomic E-state index is 11.2. The third-order valence-corrected chi connectivity index (χ3v) is 1.50. The highest BCUT2D eigenvalue weighted by molar-refractivity contribution is 5.90. The summed E-state index contributed by atoms with van der Waals surface area (Å²) in [6.45, 7) is 0.182. The third-order valence-electron chi connectivity index (χ3n) is 1.50. The molecule has 0 unspecified atom stereocenters. The fraction of sp³-hybridized carbons (Fsp3) is 0.222. The zero-order chi connectivity index (χ0) is 10.2. The van der Waals surface area contributed by atoms with E-state index in [1.54, 1.807) is 24.3 Å². The lowest BCUT2D eigenvalue weighted by Crippen LogP contribution is -2.11. The molecule has 1 aromatic carbocycles. The lowest BCUT2D eigenvalue weighted by molar-refractivity contribution is -0.116. The Bertz CT molecular complexity index is 343. The molecule has 0 aliphatic heterocycles. The molecule has 0 fully saturated rings. The van der Waals surface area contributed by atoms with Crippen LogP contribution in [0.2, 0.25) is 0 Å². The van der Waals surface area contributed by atoms with Gasteiger partial charge in [-0.25, -0.2) is 0 Å². The standard InChI is InChI=1S/C9H9N4O/c10-13-11-7-6-9(14)12-8-4-2-1-3-5-8/h2-5H,6-7H2,(H,12,14). The van der Waals surface area contributed by atoms with Crippen molar-refractivity contribution in [1.82, 2.24) is 0 Å². The third kappa shape index (κ3) is 3.60. The van der Waals surface area contributed by atoms with Gasteiger partial charge in [0.05, 0.1) is 0 Å². The molecule has 1 radical (unpaired) electrons. The Morgan fingerprint density at radius 2 is 2.29 bits per heavy atom. The van der Waals surface area contributed by atoms with Crippen molar-refractivity contribution in [1.29, 1.82) is 0 Å². The number of carbonyl (C=O) groups is 1. The zero-order valence-corrected chi connectivity index (χ0v) is 7.47. The minimum absolute atomic E-state index is 0.163. The summed E-state index contributed by atoms with van der Waals surface area (Å²) in [7, 11) is 0. The topological polar surface area (TPSA) is 77.9 Å². The second-order valence-corrected chi connectivity index (χ2v) is 2.54. The predicted octanol–water partition coefficient (Wildman–Crippen LogP) is 2.13. The van der Waals surface area contributed by atoms with Crippen LogP contribution >= 0.6 is 0 Å². The van der Waals surface area contributed by atoms with Gasteiger partial charge < -0.3 is 5.32 Å². The van der Waals surface area contributed by atoms with Gasteiger partial charge in [-0.2, -0.15) is 0 Å². The van der Waals surface area contributed by atoms with Gasteiger partial charge in [0, 0.05) is 23.6 Å². The zero-order valence-electron chi connectivity index (χ0n) is 7.47. The highest BCUT2D eigenvalue weighted by Crippen LogP contribution is 2.04. The molecule has 1 amide bonds. The van der Waals surface area contributed by atoms with Gasteiger partial charge in [-0.15, -0.1) is 0 Å². The van der Waals surface area contributed by atoms with E-state index in [1.807, 2.05) is 0 Å². The summed E-state index contributed by atoms with van der Waals surface area (Å²) < 4.78 is 0. The number of rotatable bonds is 4. The van der Waals surface area contributed by atoms with Crippen LogP contribution in [0.5, 0.6) is 0 Å². The van der Waals surface area contributed by atoms with Gasteiger partial charge in [-0.3, -0.25) is 4.79 Å². The number of nitrogens with one attached hydrogen (secondary N) is 1. The minimum atomic E-state index is -0.163. The lowest BCUT2D eigenvalue weighted by atomic mass is 10.3. The van der Waals surface area contributed by atoms with E-state index in [2.05, 4.69) is 21.4 Å². The molecule has 14 heavy (non-hydrogen) atoms. The van der Waals surface area contributed by atoms with Crippen LogP contribution in [0.3, 0.4) is 0 Å². The summed E-state index contributed by atoms with van der Waals surface area (Å²) >= 11 is 0. The van der Waals surface area contributed by atoms with Gasteiger partial charge in [0.2, 0.25) is 5.91 Å². The highest BCUT2D eigenvalue weighted by atomic mass is 16.1. The molecule has 1 N–H and O–H groups in total. The van der Waals surface area contributed by atoms with E-state index in [-0.39, 0.29) is 18.9 Å². The Kier molecular flexibility index (Phi) is 4.04. The van der Waals surface area contributed by atoms with Crippen LogP contribution in [0.4, 0.5) is 5.69 Å². The van der Waals surface area contributed by atoms with E-state index < -0.39 is 0 Å². The minimum Gasteiger partial charge on any atom is -0.326 e. The largest absolute Gasteiger partial charge is 0.326 e. The normalized spacial score (nSPS) is 8.86. The average Bonchev–Trinajstić information content (AvgIpc) is 2.20. The molecule has 0 aliphatic carbocycles. The Balaban J connectivity index is 2.38. The van der Waals surface area contributed by atoms with E-state index in [0.717, 1.165) is 5.69 Å². The fourth-order valence-corrected chi connectivity index (χ4v) is 0.890. The number of benzene rings is 1. The second-order valence-electron chi connectivity index (χ2n) is 2.54. The summed E-state index contributed by atoms with van der Waals surface area (Å²) in [5.41, 5.74) is 8.71. The van der Waals surface area contributed by atoms with Gasteiger partial charge in [-0.05, 0) is 23.7 Å². The molecule has 1 aromatic rings. The van der Waals surface area contributed by atoms with Crippen molar-refractivity contribution in [3.8, 4) is 0 Å². The number of nitrogens with zero attached hydrogens (tertiary/aromatic N) is 3. The first-order valence-corrected chi connectivity index (χ1v) is 4.10. The molecule has 5 heteroatoms. The molecule has 0 spiro atoms. The van der Waals surface area contributed by atoms with Crippen LogP contribution in [0.1, 0.15) is 6.42 Å². The molecule has 0 aliphatic rings. The van der Waals surface area contributed by atoms with Gasteiger partial charge in [0.1, 0.15) is 0 Å². The van der Waals surface area contributed by atoms with E-state index >= 15 is 0 Å². The first-order valence-electron chi connectivity index (χ1n) is 4.10. The van der Waals surface area contributed by atoms with Crippen molar-refractivity contribution >= 4 is 11.6 Å². The Labute approximate surface area is 81.4 Å². The second kappa shape index (κ2) is 5.61. The van der Waals surface area contributed by atoms with E-state index in [0.29, 0.717) is 0 Å². The smallest absolute Gasteiger partial charge is 0.224 e. The maximum atomic E-state index is 11.2. The van der Waals surface area contributed by atoms with Crippen LogP contribution in [0.25, 0.3) is 10.4 Å². The fourth-order valence-electron chi connectivity index (χ4n) is 0.890. The average molecular weight is 189 g/mol. The van der Waals surface area contributed by atoms with Crippen molar-refractivity contribution in [3.05, 3.63) is 40.8 Å². The summed E-state index contributed by atoms with van der Waals surface area (Å²) in [4.78, 5) is 13.7. The van der Waals surface area contributed by atoms with Crippen LogP contribution < -0.4 is 5.32 Å². The Morgan fingerprint density at radius 1 is 1.57 bits per heavy atom.